The van der Waals surface area contributed by atoms with Gasteiger partial charge in [0.1, 0.15) is 0 Å². The molecule has 0 fully saturated rings. The Bertz CT molecular complexity index is 860. The molecular weight excluding hydrogens is 368 g/mol. The molecule has 2 aromatic carbocycles. The van der Waals surface area contributed by atoms with Gasteiger partial charge >= 0.3 is 6.18 Å². The third-order valence-electron chi connectivity index (χ3n) is 4.23. The van der Waals surface area contributed by atoms with Gasteiger partial charge in [-0.25, -0.2) is 0 Å². The molecule has 0 radical (unpaired) electrons. The third-order valence-corrected chi connectivity index (χ3v) is 4.97. The zero-order chi connectivity index (χ0) is 18.2. The van der Waals surface area contributed by atoms with Gasteiger partial charge in [-0.05, 0) is 54.2 Å². The number of halogens is 5. The molecule has 1 aliphatic carbocycles. The summed E-state index contributed by atoms with van der Waals surface area (Å²) in [4.78, 5) is 0. The lowest BCUT2D eigenvalue weighted by Gasteiger charge is -2.25. The van der Waals surface area contributed by atoms with Crippen LogP contribution in [0.5, 0.6) is 0 Å². The maximum absolute atomic E-state index is 13.9. The molecule has 0 heterocycles. The van der Waals surface area contributed by atoms with Gasteiger partial charge < -0.3 is 0 Å². The number of hydrogen-bond acceptors (Lipinski definition) is 0. The normalized spacial score (nSPS) is 15.4. The molecule has 0 saturated heterocycles. The van der Waals surface area contributed by atoms with Gasteiger partial charge in [-0.2, -0.15) is 13.2 Å². The summed E-state index contributed by atoms with van der Waals surface area (Å²) in [5.41, 5.74) is 1.90. The van der Waals surface area contributed by atoms with Crippen LogP contribution in [0.15, 0.2) is 54.1 Å². The number of hydrogen-bond donors (Lipinski definition) is 0. The van der Waals surface area contributed by atoms with Crippen molar-refractivity contribution in [3.05, 3.63) is 80.8 Å². The van der Waals surface area contributed by atoms with Crippen molar-refractivity contribution in [1.82, 2.24) is 0 Å². The first kappa shape index (κ1) is 18.1. The van der Waals surface area contributed by atoms with Crippen molar-refractivity contribution in [2.24, 2.45) is 0 Å². The van der Waals surface area contributed by atoms with Crippen molar-refractivity contribution in [2.45, 2.75) is 25.9 Å². The van der Waals surface area contributed by atoms with Crippen LogP contribution in [0, 0.1) is 6.92 Å². The maximum Gasteiger partial charge on any atom is 0.417 e. The summed E-state index contributed by atoms with van der Waals surface area (Å²) < 4.78 is 41.7. The topological polar surface area (TPSA) is 0 Å². The van der Waals surface area contributed by atoms with Gasteiger partial charge in [-0.3, -0.25) is 0 Å². The van der Waals surface area contributed by atoms with Crippen molar-refractivity contribution in [3.8, 4) is 0 Å². The minimum atomic E-state index is -4.46. The highest BCUT2D eigenvalue weighted by Gasteiger charge is 2.40. The molecule has 25 heavy (non-hydrogen) atoms. The summed E-state index contributed by atoms with van der Waals surface area (Å²) in [5.74, 6) is 0. The molecule has 0 N–H and O–H groups in total. The quantitative estimate of drug-likeness (QED) is 0.504. The molecule has 0 bridgehead atoms. The van der Waals surface area contributed by atoms with Crippen LogP contribution in [-0.2, 0) is 0 Å². The SMILES string of the molecule is Cc1ccc(C2=CCCC(c3ccc(Cl)c(Cl)c3)=C2C(F)(F)F)cc1. The van der Waals surface area contributed by atoms with Crippen LogP contribution in [0.1, 0.15) is 29.5 Å². The van der Waals surface area contributed by atoms with Gasteiger partial charge in [0.2, 0.25) is 0 Å². The van der Waals surface area contributed by atoms with Crippen molar-refractivity contribution >= 4 is 34.3 Å². The second-order valence-electron chi connectivity index (χ2n) is 6.00. The monoisotopic (exact) mass is 382 g/mol. The summed E-state index contributed by atoms with van der Waals surface area (Å²) in [7, 11) is 0. The fourth-order valence-corrected chi connectivity index (χ4v) is 3.34. The summed E-state index contributed by atoms with van der Waals surface area (Å²) in [5, 5.41) is 0.573. The number of alkyl halides is 3. The van der Waals surface area contributed by atoms with E-state index in [-0.39, 0.29) is 16.2 Å². The molecule has 0 aliphatic heterocycles. The second kappa shape index (κ2) is 6.89. The van der Waals surface area contributed by atoms with E-state index in [4.69, 9.17) is 23.2 Å². The molecule has 0 spiro atoms. The van der Waals surface area contributed by atoms with Crippen LogP contribution in [0.2, 0.25) is 10.0 Å². The molecule has 5 heteroatoms. The first-order chi connectivity index (χ1) is 11.8. The molecule has 0 saturated carbocycles. The van der Waals surface area contributed by atoms with Gasteiger partial charge in [0.05, 0.1) is 15.6 Å². The van der Waals surface area contributed by atoms with Gasteiger partial charge in [-0.1, -0.05) is 65.2 Å². The number of benzene rings is 2. The van der Waals surface area contributed by atoms with Gasteiger partial charge in [0.25, 0.3) is 0 Å². The predicted molar refractivity (Wildman–Crippen MR) is 97.8 cm³/mol. The number of aryl methyl sites for hydroxylation is 1. The molecular formula is C20H15Cl2F3. The van der Waals surface area contributed by atoms with E-state index in [1.165, 1.54) is 12.1 Å². The van der Waals surface area contributed by atoms with Crippen LogP contribution < -0.4 is 0 Å². The predicted octanol–water partition coefficient (Wildman–Crippen LogP) is 7.50. The van der Waals surface area contributed by atoms with E-state index in [1.54, 1.807) is 24.3 Å². The molecule has 0 aromatic heterocycles. The lowest BCUT2D eigenvalue weighted by Crippen LogP contribution is -2.18. The van der Waals surface area contributed by atoms with Crippen molar-refractivity contribution in [2.75, 3.05) is 0 Å². The Hall–Kier alpha value is -1.71. The van der Waals surface area contributed by atoms with Crippen LogP contribution in [-0.4, -0.2) is 6.18 Å². The zero-order valence-corrected chi connectivity index (χ0v) is 14.9. The number of allylic oxidation sites excluding steroid dienone is 4. The molecule has 0 amide bonds. The van der Waals surface area contributed by atoms with Crippen molar-refractivity contribution in [1.29, 1.82) is 0 Å². The second-order valence-corrected chi connectivity index (χ2v) is 6.82. The first-order valence-electron chi connectivity index (χ1n) is 7.80. The largest absolute Gasteiger partial charge is 0.417 e. The summed E-state index contributed by atoms with van der Waals surface area (Å²) in [6.45, 7) is 1.90. The van der Waals surface area contributed by atoms with Crippen LogP contribution in [0.4, 0.5) is 13.2 Å². The molecule has 3 rings (SSSR count). The Balaban J connectivity index is 2.19. The van der Waals surface area contributed by atoms with E-state index >= 15 is 0 Å². The highest BCUT2D eigenvalue weighted by atomic mass is 35.5. The van der Waals surface area contributed by atoms with Gasteiger partial charge in [0.15, 0.2) is 0 Å². The first-order valence-corrected chi connectivity index (χ1v) is 8.56. The Morgan fingerprint density at radius 1 is 0.880 bits per heavy atom. The summed E-state index contributed by atoms with van der Waals surface area (Å²) >= 11 is 11.9. The van der Waals surface area contributed by atoms with E-state index in [0.29, 0.717) is 29.0 Å². The lowest BCUT2D eigenvalue weighted by atomic mass is 9.83. The fourth-order valence-electron chi connectivity index (χ4n) is 3.04. The van der Waals surface area contributed by atoms with Gasteiger partial charge in [0, 0.05) is 0 Å². The minimum absolute atomic E-state index is 0.222. The van der Waals surface area contributed by atoms with Crippen LogP contribution in [0.3, 0.4) is 0 Å². The van der Waals surface area contributed by atoms with Gasteiger partial charge in [-0.15, -0.1) is 0 Å². The standard InChI is InChI=1S/C20H15Cl2F3/c1-12-5-7-13(8-6-12)15-3-2-4-16(19(15)20(23,24)25)14-9-10-17(21)18(22)11-14/h3,5-11H,2,4H2,1H3. The molecule has 0 unspecified atom stereocenters. The molecule has 0 nitrogen and oxygen atoms in total. The van der Waals surface area contributed by atoms with E-state index in [0.717, 1.165) is 5.56 Å². The summed E-state index contributed by atoms with van der Waals surface area (Å²) in [6.07, 6.45) is -1.95. The molecule has 1 aliphatic rings. The maximum atomic E-state index is 13.9. The van der Waals surface area contributed by atoms with E-state index in [2.05, 4.69) is 0 Å². The highest BCUT2D eigenvalue weighted by Crippen LogP contribution is 2.46. The Kier molecular flexibility index (Phi) is 4.99. The fraction of sp³-hybridized carbons (Fsp3) is 0.200. The van der Waals surface area contributed by atoms with Crippen molar-refractivity contribution < 1.29 is 13.2 Å². The van der Waals surface area contributed by atoms with E-state index in [1.807, 2.05) is 19.1 Å². The van der Waals surface area contributed by atoms with Crippen LogP contribution >= 0.6 is 23.2 Å². The molecule has 2 aromatic rings. The Labute approximate surface area is 154 Å². The number of rotatable bonds is 2. The minimum Gasteiger partial charge on any atom is -0.166 e. The lowest BCUT2D eigenvalue weighted by molar-refractivity contribution is -0.0867. The summed E-state index contributed by atoms with van der Waals surface area (Å²) in [6, 6.07) is 11.7. The van der Waals surface area contributed by atoms with E-state index < -0.39 is 11.7 Å². The third kappa shape index (κ3) is 3.78. The average molecular weight is 383 g/mol. The van der Waals surface area contributed by atoms with E-state index in [9.17, 15) is 13.2 Å². The molecule has 0 atom stereocenters. The molecule has 130 valence electrons. The highest BCUT2D eigenvalue weighted by molar-refractivity contribution is 6.42. The Morgan fingerprint density at radius 2 is 1.52 bits per heavy atom. The Morgan fingerprint density at radius 3 is 2.12 bits per heavy atom. The average Bonchev–Trinajstić information content (AvgIpc) is 2.56. The smallest absolute Gasteiger partial charge is 0.166 e. The zero-order valence-electron chi connectivity index (χ0n) is 13.4. The van der Waals surface area contributed by atoms with Crippen LogP contribution in [0.25, 0.3) is 11.1 Å². The van der Waals surface area contributed by atoms with Crippen molar-refractivity contribution in [3.63, 3.8) is 0 Å².